The van der Waals surface area contributed by atoms with Gasteiger partial charge in [-0.3, -0.25) is 0 Å². The lowest BCUT2D eigenvalue weighted by molar-refractivity contribution is 0.115. The van der Waals surface area contributed by atoms with Crippen LogP contribution in [0.25, 0.3) is 0 Å². The Bertz CT molecular complexity index is 203. The van der Waals surface area contributed by atoms with E-state index in [2.05, 4.69) is 51.9 Å². The third kappa shape index (κ3) is 4.06. The SMILES string of the molecule is CC(C)CC(C)NC1CC(C)N(C)CC1C. The quantitative estimate of drug-likeness (QED) is 0.793. The molecule has 16 heavy (non-hydrogen) atoms. The molecule has 0 radical (unpaired) electrons. The number of nitrogens with zero attached hydrogens (tertiary/aromatic N) is 1. The van der Waals surface area contributed by atoms with Crippen molar-refractivity contribution in [3.63, 3.8) is 0 Å². The van der Waals surface area contributed by atoms with E-state index >= 15 is 0 Å². The Kier molecular flexibility index (Phi) is 5.26. The highest BCUT2D eigenvalue weighted by Crippen LogP contribution is 2.21. The fraction of sp³-hybridized carbons (Fsp3) is 1.00. The molecular weight excluding hydrogens is 196 g/mol. The lowest BCUT2D eigenvalue weighted by atomic mass is 9.89. The van der Waals surface area contributed by atoms with Gasteiger partial charge in [0.2, 0.25) is 0 Å². The summed E-state index contributed by atoms with van der Waals surface area (Å²) in [5, 5.41) is 3.82. The fourth-order valence-electron chi connectivity index (χ4n) is 2.91. The van der Waals surface area contributed by atoms with Crippen LogP contribution in [0.5, 0.6) is 0 Å². The van der Waals surface area contributed by atoms with Gasteiger partial charge in [-0.05, 0) is 45.6 Å². The van der Waals surface area contributed by atoms with Crippen LogP contribution in [0.1, 0.15) is 47.5 Å². The van der Waals surface area contributed by atoms with Crippen molar-refractivity contribution in [2.45, 2.75) is 65.6 Å². The number of piperidine rings is 1. The van der Waals surface area contributed by atoms with Crippen LogP contribution in [0, 0.1) is 11.8 Å². The van der Waals surface area contributed by atoms with Gasteiger partial charge in [0.1, 0.15) is 0 Å². The predicted octanol–water partition coefficient (Wildman–Crippen LogP) is 2.74. The van der Waals surface area contributed by atoms with E-state index in [-0.39, 0.29) is 0 Å². The molecule has 0 aromatic rings. The summed E-state index contributed by atoms with van der Waals surface area (Å²) in [6.45, 7) is 12.9. The average molecular weight is 226 g/mol. The Morgan fingerprint density at radius 1 is 1.25 bits per heavy atom. The van der Waals surface area contributed by atoms with Gasteiger partial charge in [-0.1, -0.05) is 20.8 Å². The van der Waals surface area contributed by atoms with Gasteiger partial charge in [-0.25, -0.2) is 0 Å². The van der Waals surface area contributed by atoms with E-state index in [4.69, 9.17) is 0 Å². The van der Waals surface area contributed by atoms with Crippen molar-refractivity contribution in [1.29, 1.82) is 0 Å². The minimum atomic E-state index is 0.656. The minimum absolute atomic E-state index is 0.656. The van der Waals surface area contributed by atoms with E-state index in [1.807, 2.05) is 0 Å². The number of hydrogen-bond donors (Lipinski definition) is 1. The Morgan fingerprint density at radius 3 is 2.44 bits per heavy atom. The van der Waals surface area contributed by atoms with Gasteiger partial charge >= 0.3 is 0 Å². The second-order valence-corrected chi connectivity index (χ2v) is 6.31. The van der Waals surface area contributed by atoms with Gasteiger partial charge in [0.05, 0.1) is 0 Å². The number of nitrogens with one attached hydrogen (secondary N) is 1. The van der Waals surface area contributed by atoms with Crippen LogP contribution in [0.4, 0.5) is 0 Å². The van der Waals surface area contributed by atoms with Crippen molar-refractivity contribution in [3.05, 3.63) is 0 Å². The van der Waals surface area contributed by atoms with Crippen LogP contribution in [-0.2, 0) is 0 Å². The second-order valence-electron chi connectivity index (χ2n) is 6.31. The molecule has 0 amide bonds. The van der Waals surface area contributed by atoms with Crippen LogP contribution in [0.15, 0.2) is 0 Å². The van der Waals surface area contributed by atoms with Crippen molar-refractivity contribution < 1.29 is 0 Å². The summed E-state index contributed by atoms with van der Waals surface area (Å²) in [5.41, 5.74) is 0. The maximum atomic E-state index is 3.82. The van der Waals surface area contributed by atoms with E-state index in [0.717, 1.165) is 17.9 Å². The molecular formula is C14H30N2. The topological polar surface area (TPSA) is 15.3 Å². The third-order valence-corrected chi connectivity index (χ3v) is 3.93. The van der Waals surface area contributed by atoms with Crippen molar-refractivity contribution in [1.82, 2.24) is 10.2 Å². The molecule has 96 valence electrons. The third-order valence-electron chi connectivity index (χ3n) is 3.93. The zero-order valence-corrected chi connectivity index (χ0v) is 12.0. The molecule has 1 aliphatic rings. The Morgan fingerprint density at radius 2 is 1.88 bits per heavy atom. The molecule has 0 spiro atoms. The molecule has 0 aromatic heterocycles. The summed E-state index contributed by atoms with van der Waals surface area (Å²) < 4.78 is 0. The number of likely N-dealkylation sites (tertiary alicyclic amines) is 1. The molecule has 0 aromatic carbocycles. The minimum Gasteiger partial charge on any atom is -0.311 e. The van der Waals surface area contributed by atoms with E-state index in [0.29, 0.717) is 12.1 Å². The molecule has 1 fully saturated rings. The molecule has 1 N–H and O–H groups in total. The summed E-state index contributed by atoms with van der Waals surface area (Å²) in [6.07, 6.45) is 2.58. The summed E-state index contributed by atoms with van der Waals surface area (Å²) in [5.74, 6) is 1.57. The summed E-state index contributed by atoms with van der Waals surface area (Å²) in [4.78, 5) is 2.48. The first kappa shape index (κ1) is 14.0. The zero-order valence-electron chi connectivity index (χ0n) is 12.0. The van der Waals surface area contributed by atoms with Crippen LogP contribution < -0.4 is 5.32 Å². The number of rotatable bonds is 4. The summed E-state index contributed by atoms with van der Waals surface area (Å²) >= 11 is 0. The van der Waals surface area contributed by atoms with E-state index in [1.165, 1.54) is 19.4 Å². The van der Waals surface area contributed by atoms with Crippen LogP contribution in [0.2, 0.25) is 0 Å². The van der Waals surface area contributed by atoms with Crippen molar-refractivity contribution in [2.75, 3.05) is 13.6 Å². The smallest absolute Gasteiger partial charge is 0.0122 e. The van der Waals surface area contributed by atoms with Crippen molar-refractivity contribution in [2.24, 2.45) is 11.8 Å². The van der Waals surface area contributed by atoms with E-state index < -0.39 is 0 Å². The lowest BCUT2D eigenvalue weighted by Gasteiger charge is -2.41. The van der Waals surface area contributed by atoms with E-state index in [9.17, 15) is 0 Å². The molecule has 0 aliphatic carbocycles. The average Bonchev–Trinajstić information content (AvgIpc) is 2.12. The zero-order chi connectivity index (χ0) is 12.3. The molecule has 1 rings (SSSR count). The molecule has 1 saturated heterocycles. The van der Waals surface area contributed by atoms with Gasteiger partial charge in [0.15, 0.2) is 0 Å². The summed E-state index contributed by atoms with van der Waals surface area (Å²) in [6, 6.07) is 2.09. The maximum Gasteiger partial charge on any atom is 0.0122 e. The molecule has 0 bridgehead atoms. The highest BCUT2D eigenvalue weighted by atomic mass is 15.2. The first-order chi connectivity index (χ1) is 7.40. The molecule has 0 saturated carbocycles. The molecule has 4 atom stereocenters. The molecule has 2 nitrogen and oxygen atoms in total. The first-order valence-corrected chi connectivity index (χ1v) is 6.86. The summed E-state index contributed by atoms with van der Waals surface area (Å²) in [7, 11) is 2.24. The van der Waals surface area contributed by atoms with Gasteiger partial charge in [0.25, 0.3) is 0 Å². The van der Waals surface area contributed by atoms with Crippen LogP contribution in [0.3, 0.4) is 0 Å². The first-order valence-electron chi connectivity index (χ1n) is 6.86. The van der Waals surface area contributed by atoms with Crippen LogP contribution >= 0.6 is 0 Å². The molecule has 2 heteroatoms. The van der Waals surface area contributed by atoms with Gasteiger partial charge in [-0.15, -0.1) is 0 Å². The monoisotopic (exact) mass is 226 g/mol. The molecule has 4 unspecified atom stereocenters. The highest BCUT2D eigenvalue weighted by Gasteiger charge is 2.29. The Hall–Kier alpha value is -0.0800. The fourth-order valence-corrected chi connectivity index (χ4v) is 2.91. The van der Waals surface area contributed by atoms with Crippen LogP contribution in [-0.4, -0.2) is 36.6 Å². The maximum absolute atomic E-state index is 3.82. The van der Waals surface area contributed by atoms with Crippen molar-refractivity contribution >= 4 is 0 Å². The lowest BCUT2D eigenvalue weighted by Crippen LogP contribution is -2.52. The number of hydrogen-bond acceptors (Lipinski definition) is 2. The molecule has 1 heterocycles. The normalized spacial score (nSPS) is 34.3. The predicted molar refractivity (Wildman–Crippen MR) is 71.7 cm³/mol. The Labute approximate surface area is 102 Å². The van der Waals surface area contributed by atoms with Gasteiger partial charge in [0, 0.05) is 24.7 Å². The molecule has 1 aliphatic heterocycles. The second kappa shape index (κ2) is 6.02. The standard InChI is InChI=1S/C14H30N2/c1-10(2)7-12(4)15-14-8-13(5)16(6)9-11(14)3/h10-15H,7-9H2,1-6H3. The van der Waals surface area contributed by atoms with Gasteiger partial charge in [-0.2, -0.15) is 0 Å². The van der Waals surface area contributed by atoms with Crippen molar-refractivity contribution in [3.8, 4) is 0 Å². The van der Waals surface area contributed by atoms with Gasteiger partial charge < -0.3 is 10.2 Å². The highest BCUT2D eigenvalue weighted by molar-refractivity contribution is 4.87. The van der Waals surface area contributed by atoms with E-state index in [1.54, 1.807) is 0 Å². The Balaban J connectivity index is 2.41. The largest absolute Gasteiger partial charge is 0.311 e.